The van der Waals surface area contributed by atoms with Gasteiger partial charge in [-0.3, -0.25) is 9.59 Å². The fourth-order valence-electron chi connectivity index (χ4n) is 3.27. The number of likely N-dealkylation sites (tertiary alicyclic amines) is 1. The van der Waals surface area contributed by atoms with Crippen molar-refractivity contribution in [1.82, 2.24) is 9.88 Å². The zero-order valence-corrected chi connectivity index (χ0v) is 15.0. The maximum absolute atomic E-state index is 12.8. The molecular weight excluding hydrogens is 356 g/mol. The van der Waals surface area contributed by atoms with E-state index in [0.29, 0.717) is 35.0 Å². The topological polar surface area (TPSA) is 89.0 Å². The Labute approximate surface area is 154 Å². The molecule has 8 heteroatoms. The van der Waals surface area contributed by atoms with E-state index in [1.54, 1.807) is 10.3 Å². The van der Waals surface area contributed by atoms with Gasteiger partial charge in [0.15, 0.2) is 11.5 Å². The second kappa shape index (κ2) is 6.60. The average molecular weight is 374 g/mol. The summed E-state index contributed by atoms with van der Waals surface area (Å²) in [6.45, 7) is 2.38. The highest BCUT2D eigenvalue weighted by molar-refractivity contribution is 7.13. The first-order chi connectivity index (χ1) is 12.5. The molecule has 0 saturated carbocycles. The Morgan fingerprint density at radius 2 is 2.08 bits per heavy atom. The molecule has 1 aromatic carbocycles. The summed E-state index contributed by atoms with van der Waals surface area (Å²) in [6.07, 6.45) is 1.28. The molecular formula is C18H18N2O5S. The van der Waals surface area contributed by atoms with E-state index in [9.17, 15) is 14.7 Å². The molecule has 136 valence electrons. The fraction of sp³-hybridized carbons (Fsp3) is 0.389. The average Bonchev–Trinajstić information content (AvgIpc) is 3.30. The third-order valence-corrected chi connectivity index (χ3v) is 5.73. The first-order valence-electron chi connectivity index (χ1n) is 8.42. The van der Waals surface area contributed by atoms with Gasteiger partial charge in [-0.05, 0) is 38.0 Å². The number of carbonyl (C=O) groups is 2. The molecule has 1 N–H and O–H groups in total. The van der Waals surface area contributed by atoms with Gasteiger partial charge in [0.25, 0.3) is 5.91 Å². The van der Waals surface area contributed by atoms with Crippen LogP contribution in [0.15, 0.2) is 23.6 Å². The minimum atomic E-state index is -0.853. The highest BCUT2D eigenvalue weighted by atomic mass is 32.1. The predicted octanol–water partition coefficient (Wildman–Crippen LogP) is 2.86. The third-order valence-electron chi connectivity index (χ3n) is 4.83. The molecule has 0 aliphatic carbocycles. The number of amides is 1. The standard InChI is InChI=1S/C18H18N2O5S/c1-10-2-3-12(18(22)23)7-20(10)17(21)13-8-26-16(19-13)11-4-5-14-15(6-11)25-9-24-14/h4-6,8,10,12H,2-3,7,9H2,1H3,(H,22,23). The van der Waals surface area contributed by atoms with Crippen LogP contribution in [0.2, 0.25) is 0 Å². The van der Waals surface area contributed by atoms with Crippen molar-refractivity contribution in [2.45, 2.75) is 25.8 Å². The molecule has 3 heterocycles. The van der Waals surface area contributed by atoms with Gasteiger partial charge in [-0.15, -0.1) is 11.3 Å². The van der Waals surface area contributed by atoms with Crippen molar-refractivity contribution in [1.29, 1.82) is 0 Å². The zero-order chi connectivity index (χ0) is 18.3. The minimum Gasteiger partial charge on any atom is -0.481 e. The van der Waals surface area contributed by atoms with Crippen LogP contribution in [0.5, 0.6) is 11.5 Å². The number of piperidine rings is 1. The van der Waals surface area contributed by atoms with Crippen molar-refractivity contribution in [3.8, 4) is 22.1 Å². The Morgan fingerprint density at radius 1 is 1.27 bits per heavy atom. The molecule has 1 aromatic heterocycles. The van der Waals surface area contributed by atoms with E-state index in [1.807, 2.05) is 25.1 Å². The second-order valence-electron chi connectivity index (χ2n) is 6.52. The monoisotopic (exact) mass is 374 g/mol. The molecule has 2 unspecified atom stereocenters. The van der Waals surface area contributed by atoms with Crippen LogP contribution >= 0.6 is 11.3 Å². The van der Waals surface area contributed by atoms with Crippen molar-refractivity contribution in [2.24, 2.45) is 5.92 Å². The van der Waals surface area contributed by atoms with Crippen LogP contribution in [0.1, 0.15) is 30.3 Å². The van der Waals surface area contributed by atoms with Crippen LogP contribution in [0.4, 0.5) is 0 Å². The minimum absolute atomic E-state index is 0.00814. The van der Waals surface area contributed by atoms with Gasteiger partial charge in [0, 0.05) is 23.5 Å². The summed E-state index contributed by atoms with van der Waals surface area (Å²) in [5.74, 6) is -0.217. The fourth-order valence-corrected chi connectivity index (χ4v) is 4.06. The van der Waals surface area contributed by atoms with Gasteiger partial charge in [0.1, 0.15) is 10.7 Å². The van der Waals surface area contributed by atoms with Crippen LogP contribution in [0.3, 0.4) is 0 Å². The summed E-state index contributed by atoms with van der Waals surface area (Å²) in [5.41, 5.74) is 1.20. The first kappa shape index (κ1) is 16.8. The highest BCUT2D eigenvalue weighted by Gasteiger charge is 2.33. The lowest BCUT2D eigenvalue weighted by Gasteiger charge is -2.36. The van der Waals surface area contributed by atoms with Crippen molar-refractivity contribution in [3.63, 3.8) is 0 Å². The highest BCUT2D eigenvalue weighted by Crippen LogP contribution is 2.37. The molecule has 0 bridgehead atoms. The maximum Gasteiger partial charge on any atom is 0.308 e. The molecule has 0 radical (unpaired) electrons. The van der Waals surface area contributed by atoms with Crippen LogP contribution in [-0.2, 0) is 4.79 Å². The molecule has 0 spiro atoms. The van der Waals surface area contributed by atoms with Gasteiger partial charge in [-0.2, -0.15) is 0 Å². The van der Waals surface area contributed by atoms with Crippen LogP contribution in [0.25, 0.3) is 10.6 Å². The van der Waals surface area contributed by atoms with E-state index in [4.69, 9.17) is 9.47 Å². The lowest BCUT2D eigenvalue weighted by molar-refractivity contribution is -0.143. The van der Waals surface area contributed by atoms with E-state index in [1.165, 1.54) is 11.3 Å². The lowest BCUT2D eigenvalue weighted by Crippen LogP contribution is -2.47. The van der Waals surface area contributed by atoms with Crippen LogP contribution < -0.4 is 9.47 Å². The Bertz CT molecular complexity index is 865. The summed E-state index contributed by atoms with van der Waals surface area (Å²) >= 11 is 1.38. The second-order valence-corrected chi connectivity index (χ2v) is 7.38. The van der Waals surface area contributed by atoms with Crippen LogP contribution in [-0.4, -0.2) is 46.2 Å². The Balaban J connectivity index is 1.55. The smallest absolute Gasteiger partial charge is 0.308 e. The molecule has 7 nitrogen and oxygen atoms in total. The summed E-state index contributed by atoms with van der Waals surface area (Å²) in [4.78, 5) is 30.2. The molecule has 2 aliphatic rings. The Hall–Kier alpha value is -2.61. The van der Waals surface area contributed by atoms with Crippen molar-refractivity contribution < 1.29 is 24.2 Å². The SMILES string of the molecule is CC1CCC(C(=O)O)CN1C(=O)c1csc(-c2ccc3c(c2)OCO3)n1. The number of benzene rings is 1. The van der Waals surface area contributed by atoms with Gasteiger partial charge < -0.3 is 19.5 Å². The molecule has 2 atom stereocenters. The molecule has 1 saturated heterocycles. The van der Waals surface area contributed by atoms with E-state index in [0.717, 1.165) is 5.56 Å². The number of carbonyl (C=O) groups excluding carboxylic acids is 1. The number of aliphatic carboxylic acids is 1. The number of carboxylic acid groups (broad SMARTS) is 1. The van der Waals surface area contributed by atoms with Gasteiger partial charge in [-0.1, -0.05) is 0 Å². The zero-order valence-electron chi connectivity index (χ0n) is 14.2. The quantitative estimate of drug-likeness (QED) is 0.889. The first-order valence-corrected chi connectivity index (χ1v) is 9.30. The van der Waals surface area contributed by atoms with Gasteiger partial charge in [0.2, 0.25) is 6.79 Å². The van der Waals surface area contributed by atoms with E-state index < -0.39 is 11.9 Å². The largest absolute Gasteiger partial charge is 0.481 e. The molecule has 2 aromatic rings. The lowest BCUT2D eigenvalue weighted by atomic mass is 9.93. The van der Waals surface area contributed by atoms with E-state index >= 15 is 0 Å². The molecule has 1 fully saturated rings. The number of aromatic nitrogens is 1. The predicted molar refractivity (Wildman–Crippen MR) is 94.5 cm³/mol. The van der Waals surface area contributed by atoms with Gasteiger partial charge in [-0.25, -0.2) is 4.98 Å². The molecule has 1 amide bonds. The number of ether oxygens (including phenoxy) is 2. The number of carboxylic acids is 1. The Kier molecular flexibility index (Phi) is 4.28. The number of fused-ring (bicyclic) bond motifs is 1. The van der Waals surface area contributed by atoms with Crippen molar-refractivity contribution in [2.75, 3.05) is 13.3 Å². The van der Waals surface area contributed by atoms with Crippen LogP contribution in [0, 0.1) is 5.92 Å². The number of thiazole rings is 1. The molecule has 2 aliphatic heterocycles. The number of hydrogen-bond acceptors (Lipinski definition) is 6. The molecule has 4 rings (SSSR count). The van der Waals surface area contributed by atoms with E-state index in [-0.39, 0.29) is 25.3 Å². The summed E-state index contributed by atoms with van der Waals surface area (Å²) in [5, 5.41) is 11.7. The number of hydrogen-bond donors (Lipinski definition) is 1. The van der Waals surface area contributed by atoms with E-state index in [2.05, 4.69) is 4.98 Å². The van der Waals surface area contributed by atoms with Crippen molar-refractivity contribution in [3.05, 3.63) is 29.3 Å². The third kappa shape index (κ3) is 3.01. The van der Waals surface area contributed by atoms with Gasteiger partial charge in [0.05, 0.1) is 5.92 Å². The van der Waals surface area contributed by atoms with Gasteiger partial charge >= 0.3 is 5.97 Å². The maximum atomic E-state index is 12.8. The normalized spacial score (nSPS) is 21.7. The summed E-state index contributed by atoms with van der Waals surface area (Å²) in [6, 6.07) is 5.56. The summed E-state index contributed by atoms with van der Waals surface area (Å²) in [7, 11) is 0. The Morgan fingerprint density at radius 3 is 2.88 bits per heavy atom. The number of nitrogens with zero attached hydrogens (tertiary/aromatic N) is 2. The van der Waals surface area contributed by atoms with Crippen molar-refractivity contribution >= 4 is 23.2 Å². The number of rotatable bonds is 3. The molecule has 26 heavy (non-hydrogen) atoms. The summed E-state index contributed by atoms with van der Waals surface area (Å²) < 4.78 is 10.7.